The number of carboxylic acid groups (broad SMARTS) is 2. The van der Waals surface area contributed by atoms with Crippen LogP contribution in [0.5, 0.6) is 0 Å². The molecule has 0 amide bonds. The number of methoxy groups -OCH3 is 1. The van der Waals surface area contributed by atoms with Gasteiger partial charge in [-0.25, -0.2) is 8.42 Å². The number of ether oxygens (including phenoxy) is 1. The van der Waals surface area contributed by atoms with E-state index in [0.717, 1.165) is 5.71 Å². The monoisotopic (exact) mass is 964 g/mol. The highest BCUT2D eigenvalue weighted by molar-refractivity contribution is 7.86. The number of esters is 1. The number of carboxylic acids is 2. The number of rotatable bonds is 27. The lowest BCUT2D eigenvalue weighted by Crippen LogP contribution is -2.31. The Morgan fingerprint density at radius 1 is 0.723 bits per heavy atom. The number of anilines is 1. The van der Waals surface area contributed by atoms with E-state index in [1.807, 2.05) is 35.5 Å². The van der Waals surface area contributed by atoms with Crippen molar-refractivity contribution in [3.8, 4) is 0 Å². The molecule has 2 aromatic rings. The van der Waals surface area contributed by atoms with Crippen molar-refractivity contribution in [1.82, 2.24) is 0 Å². The van der Waals surface area contributed by atoms with Crippen LogP contribution < -0.4 is 4.90 Å². The first kappa shape index (κ1) is 52.9. The van der Waals surface area contributed by atoms with E-state index in [1.54, 1.807) is 24.3 Å². The maximum absolute atomic E-state index is 12.3. The first-order valence-corrected chi connectivity index (χ1v) is 26.0. The molecular weight excluding hydrogens is 905 g/mol. The van der Waals surface area contributed by atoms with Gasteiger partial charge in [-0.3, -0.25) is 23.5 Å². The van der Waals surface area contributed by atoms with Crippen LogP contribution in [0.4, 0.5) is 11.4 Å². The summed E-state index contributed by atoms with van der Waals surface area (Å²) in [6, 6.07) is 8.46. The molecule has 4 N–H and O–H groups in total. The minimum atomic E-state index is -4.82. The third-order valence-corrected chi connectivity index (χ3v) is 14.6. The van der Waals surface area contributed by atoms with Crippen LogP contribution in [0.1, 0.15) is 121 Å². The summed E-state index contributed by atoms with van der Waals surface area (Å²) >= 11 is 0. The lowest BCUT2D eigenvalue weighted by Gasteiger charge is -2.30. The van der Waals surface area contributed by atoms with Gasteiger partial charge in [0.25, 0.3) is 20.2 Å². The van der Waals surface area contributed by atoms with Crippen molar-refractivity contribution in [2.75, 3.05) is 30.9 Å². The van der Waals surface area contributed by atoms with Crippen molar-refractivity contribution in [3.63, 3.8) is 0 Å². The van der Waals surface area contributed by atoms with Crippen LogP contribution in [0.15, 0.2) is 82.3 Å². The Bertz CT molecular complexity index is 2550. The number of carbonyl (C=O) groups excluding carboxylic acids is 1. The first-order valence-electron chi connectivity index (χ1n) is 21.6. The highest BCUT2D eigenvalue weighted by atomic mass is 32.2. The molecular formula is C45H60N2O15S3. The number of carbonyl (C=O) groups is 3. The molecule has 0 aromatic heterocycles. The van der Waals surface area contributed by atoms with E-state index in [4.69, 9.17) is 4.74 Å². The second kappa shape index (κ2) is 22.6. The Balaban J connectivity index is 1.81. The lowest BCUT2D eigenvalue weighted by molar-refractivity contribution is -0.438. The first-order chi connectivity index (χ1) is 30.4. The van der Waals surface area contributed by atoms with Crippen LogP contribution in [-0.2, 0) is 60.3 Å². The smallest absolute Gasteiger partial charge is 0.305 e. The molecule has 20 heteroatoms. The quantitative estimate of drug-likeness (QED) is 0.0230. The van der Waals surface area contributed by atoms with Crippen LogP contribution in [0, 0.1) is 0 Å². The van der Waals surface area contributed by atoms with Crippen molar-refractivity contribution in [2.45, 2.75) is 131 Å². The van der Waals surface area contributed by atoms with Crippen LogP contribution in [0.25, 0.3) is 0 Å². The fraction of sp³-hybridized carbons (Fsp3) is 0.511. The molecule has 2 unspecified atom stereocenters. The largest absolute Gasteiger partial charge is 0.744 e. The third kappa shape index (κ3) is 14.4. The number of hydrogen-bond acceptors (Lipinski definition) is 12. The van der Waals surface area contributed by atoms with Gasteiger partial charge in [0.05, 0.1) is 28.1 Å². The molecule has 0 fully saturated rings. The van der Waals surface area contributed by atoms with Gasteiger partial charge in [-0.1, -0.05) is 43.9 Å². The highest BCUT2D eigenvalue weighted by Crippen LogP contribution is 2.51. The fourth-order valence-corrected chi connectivity index (χ4v) is 10.3. The SMILES string of the molecule is COC(=O)CCCCCC1(C)C(/C=C/C=C/C=C2\N(CCCS(=O)(=O)O)c3ccc(S(=O)(=O)O)cc3C2(C)CCCCCC(=O)O)=[N+](CCCCCC(=O)O)c2ccc(S(=O)(=O)[O-])cc21. The standard InChI is InChI=1S/C45H60N2O15S3/c1-44(27-14-6-12-21-43(52)62-3)35-31-33(64(56,57)58)22-24-37(35)46(28-15-7-11-20-42(50)51)39(44)17-8-4-9-18-40-45(2,26-13-5-10-19-41(48)49)36-32-34(65(59,60)61)23-25-38(36)47(40)29-16-30-63(53,54)55/h4,8-9,17-18,22-25,31-32H,5-7,10-16,19-21,26-30H2,1-3H3,(H4-,48,49,50,51,53,54,55,56,57,58,59,60,61). The number of benzene rings is 2. The number of fused-ring (bicyclic) bond motifs is 2. The fourth-order valence-electron chi connectivity index (χ4n) is 8.83. The number of hydrogen-bond donors (Lipinski definition) is 4. The summed E-state index contributed by atoms with van der Waals surface area (Å²) in [5.74, 6) is -2.71. The Morgan fingerprint density at radius 3 is 1.89 bits per heavy atom. The molecule has 358 valence electrons. The van der Waals surface area contributed by atoms with Crippen molar-refractivity contribution in [1.29, 1.82) is 0 Å². The molecule has 0 spiro atoms. The number of nitrogens with zero attached hydrogens (tertiary/aromatic N) is 2. The molecule has 4 rings (SSSR count). The highest BCUT2D eigenvalue weighted by Gasteiger charge is 2.48. The van der Waals surface area contributed by atoms with E-state index in [9.17, 15) is 63.5 Å². The van der Waals surface area contributed by atoms with Crippen molar-refractivity contribution >= 4 is 65.3 Å². The van der Waals surface area contributed by atoms with Crippen molar-refractivity contribution in [3.05, 3.63) is 83.6 Å². The molecule has 65 heavy (non-hydrogen) atoms. The summed E-state index contributed by atoms with van der Waals surface area (Å²) in [6.07, 6.45) is 15.2. The second-order valence-electron chi connectivity index (χ2n) is 16.9. The van der Waals surface area contributed by atoms with E-state index in [1.165, 1.54) is 37.4 Å². The normalized spacial score (nSPS) is 19.4. The Hall–Kier alpha value is -4.73. The number of aliphatic carboxylic acids is 2. The Morgan fingerprint density at radius 2 is 1.31 bits per heavy atom. The van der Waals surface area contributed by atoms with Gasteiger partial charge in [-0.05, 0) is 101 Å². The average molecular weight is 965 g/mol. The molecule has 0 bridgehead atoms. The summed E-state index contributed by atoms with van der Waals surface area (Å²) in [7, 11) is -12.4. The molecule has 2 heterocycles. The summed E-state index contributed by atoms with van der Waals surface area (Å²) in [5, 5.41) is 18.4. The molecule has 2 aromatic carbocycles. The minimum Gasteiger partial charge on any atom is -0.744 e. The van der Waals surface area contributed by atoms with E-state index in [0.29, 0.717) is 105 Å². The lowest BCUT2D eigenvalue weighted by atomic mass is 9.75. The van der Waals surface area contributed by atoms with E-state index < -0.39 is 58.9 Å². The van der Waals surface area contributed by atoms with Crippen LogP contribution in [0.2, 0.25) is 0 Å². The van der Waals surface area contributed by atoms with Gasteiger partial charge in [-0.2, -0.15) is 21.4 Å². The van der Waals surface area contributed by atoms with E-state index >= 15 is 0 Å². The summed E-state index contributed by atoms with van der Waals surface area (Å²) < 4.78 is 111. The summed E-state index contributed by atoms with van der Waals surface area (Å²) in [6.45, 7) is 4.42. The second-order valence-corrected chi connectivity index (χ2v) is 21.2. The van der Waals surface area contributed by atoms with Gasteiger partial charge >= 0.3 is 17.9 Å². The van der Waals surface area contributed by atoms with Crippen molar-refractivity contribution in [2.24, 2.45) is 0 Å². The van der Waals surface area contributed by atoms with Gasteiger partial charge in [0.1, 0.15) is 16.7 Å². The van der Waals surface area contributed by atoms with E-state index in [2.05, 4.69) is 0 Å². The molecule has 17 nitrogen and oxygen atoms in total. The maximum atomic E-state index is 12.3. The molecule has 2 aliphatic rings. The Kier molecular flexibility index (Phi) is 18.4. The predicted molar refractivity (Wildman–Crippen MR) is 242 cm³/mol. The van der Waals surface area contributed by atoms with Crippen LogP contribution in [0.3, 0.4) is 0 Å². The minimum absolute atomic E-state index is 0.00955. The predicted octanol–water partition coefficient (Wildman–Crippen LogP) is 7.05. The van der Waals surface area contributed by atoms with Gasteiger partial charge in [0.15, 0.2) is 5.71 Å². The molecule has 2 atom stereocenters. The van der Waals surface area contributed by atoms with Crippen molar-refractivity contribution < 1.29 is 72.8 Å². The van der Waals surface area contributed by atoms with Gasteiger partial charge in [0.2, 0.25) is 5.69 Å². The summed E-state index contributed by atoms with van der Waals surface area (Å²) in [4.78, 5) is 35.3. The molecule has 0 saturated carbocycles. The zero-order chi connectivity index (χ0) is 48.2. The third-order valence-electron chi connectivity index (χ3n) is 12.1. The van der Waals surface area contributed by atoms with E-state index in [-0.39, 0.29) is 48.0 Å². The summed E-state index contributed by atoms with van der Waals surface area (Å²) in [5.41, 5.74) is 2.18. The molecule has 0 saturated heterocycles. The maximum Gasteiger partial charge on any atom is 0.305 e. The number of unbranched alkanes of at least 4 members (excludes halogenated alkanes) is 6. The molecule has 0 aliphatic carbocycles. The van der Waals surface area contributed by atoms with Gasteiger partial charge in [0, 0.05) is 66.7 Å². The van der Waals surface area contributed by atoms with Crippen LogP contribution >= 0.6 is 0 Å². The Labute approximate surface area is 381 Å². The zero-order valence-corrected chi connectivity index (χ0v) is 39.4. The molecule has 0 radical (unpaired) electrons. The van der Waals surface area contributed by atoms with Gasteiger partial charge in [-0.15, -0.1) is 0 Å². The molecule has 2 aliphatic heterocycles. The topological polar surface area (TPSA) is 273 Å². The zero-order valence-electron chi connectivity index (χ0n) is 37.0. The average Bonchev–Trinajstić information content (AvgIpc) is 3.58. The number of allylic oxidation sites excluding steroid dienone is 6. The van der Waals surface area contributed by atoms with Gasteiger partial charge < -0.3 is 24.4 Å². The van der Waals surface area contributed by atoms with Crippen LogP contribution in [-0.4, -0.2) is 103 Å².